The van der Waals surface area contributed by atoms with Crippen molar-refractivity contribution in [3.05, 3.63) is 35.7 Å². The Hall–Kier alpha value is -2.15. The molecule has 0 radical (unpaired) electrons. The molecular weight excluding hydrogens is 322 g/mol. The quantitative estimate of drug-likeness (QED) is 0.467. The van der Waals surface area contributed by atoms with Gasteiger partial charge in [-0.2, -0.15) is 10.2 Å². The fourth-order valence-corrected chi connectivity index (χ4v) is 3.32. The van der Waals surface area contributed by atoms with Gasteiger partial charge in [0.1, 0.15) is 5.41 Å². The Labute approximate surface area is 156 Å². The Kier molecular flexibility index (Phi) is 6.44. The molecule has 1 fully saturated rings. The van der Waals surface area contributed by atoms with E-state index in [1.165, 1.54) is 56.9 Å². The summed E-state index contributed by atoms with van der Waals surface area (Å²) >= 11 is 0. The first-order valence-corrected chi connectivity index (χ1v) is 10.1. The molecule has 1 aromatic heterocycles. The number of hydrogen-bond acceptors (Lipinski definition) is 4. The highest BCUT2D eigenvalue weighted by molar-refractivity contribution is 5.55. The Balaban J connectivity index is 1.42. The van der Waals surface area contributed by atoms with E-state index in [2.05, 4.69) is 47.4 Å². The molecule has 0 saturated heterocycles. The lowest BCUT2D eigenvalue weighted by Crippen LogP contribution is -2.02. The lowest BCUT2D eigenvalue weighted by molar-refractivity contribution is 0.365. The van der Waals surface area contributed by atoms with Gasteiger partial charge in [0.25, 0.3) is 0 Å². The van der Waals surface area contributed by atoms with Crippen molar-refractivity contribution in [2.75, 3.05) is 0 Å². The Morgan fingerprint density at radius 2 is 1.65 bits per heavy atom. The molecule has 0 spiro atoms. The first-order chi connectivity index (χ1) is 12.8. The van der Waals surface area contributed by atoms with Crippen LogP contribution < -0.4 is 0 Å². The molecule has 0 amide bonds. The maximum absolute atomic E-state index is 9.22. The van der Waals surface area contributed by atoms with Crippen LogP contribution >= 0.6 is 0 Å². The minimum Gasteiger partial charge on any atom is -0.337 e. The van der Waals surface area contributed by atoms with E-state index in [1.807, 2.05) is 0 Å². The number of nitriles is 1. The highest BCUT2D eigenvalue weighted by atomic mass is 16.5. The van der Waals surface area contributed by atoms with Gasteiger partial charge in [-0.25, -0.2) is 0 Å². The largest absolute Gasteiger partial charge is 0.337 e. The number of rotatable bonds is 11. The molecule has 4 heteroatoms. The lowest BCUT2D eigenvalue weighted by atomic mass is 10.0. The first-order valence-electron chi connectivity index (χ1n) is 10.1. The zero-order valence-electron chi connectivity index (χ0n) is 15.8. The van der Waals surface area contributed by atoms with Gasteiger partial charge in [-0.1, -0.05) is 81.3 Å². The summed E-state index contributed by atoms with van der Waals surface area (Å²) in [5.74, 6) is 1.05. The molecule has 2 aromatic rings. The van der Waals surface area contributed by atoms with E-state index in [1.54, 1.807) is 0 Å². The van der Waals surface area contributed by atoms with Crippen LogP contribution in [0.25, 0.3) is 11.4 Å². The molecule has 1 saturated carbocycles. The van der Waals surface area contributed by atoms with Gasteiger partial charge in [0.05, 0.1) is 6.07 Å². The summed E-state index contributed by atoms with van der Waals surface area (Å²) in [5, 5.41) is 13.3. The summed E-state index contributed by atoms with van der Waals surface area (Å²) in [7, 11) is 0. The van der Waals surface area contributed by atoms with Gasteiger partial charge in [-0.3, -0.25) is 0 Å². The van der Waals surface area contributed by atoms with Crippen LogP contribution in [-0.4, -0.2) is 10.1 Å². The third kappa shape index (κ3) is 4.72. The summed E-state index contributed by atoms with van der Waals surface area (Å²) in [6, 6.07) is 10.7. The van der Waals surface area contributed by atoms with E-state index in [9.17, 15) is 5.26 Å². The summed E-state index contributed by atoms with van der Waals surface area (Å²) in [6.07, 6.45) is 13.6. The Bertz CT molecular complexity index is 723. The van der Waals surface area contributed by atoms with Crippen molar-refractivity contribution in [1.82, 2.24) is 10.1 Å². The number of aryl methyl sites for hydroxylation is 1. The first kappa shape index (κ1) is 18.6. The third-order valence-electron chi connectivity index (χ3n) is 5.33. The predicted octanol–water partition coefficient (Wildman–Crippen LogP) is 5.97. The zero-order chi connectivity index (χ0) is 18.2. The monoisotopic (exact) mass is 351 g/mol. The highest BCUT2D eigenvalue weighted by Crippen LogP contribution is 2.46. The van der Waals surface area contributed by atoms with E-state index in [-0.39, 0.29) is 0 Å². The molecule has 0 atom stereocenters. The smallest absolute Gasteiger partial charge is 0.247 e. The van der Waals surface area contributed by atoms with E-state index >= 15 is 0 Å². The Morgan fingerprint density at radius 3 is 2.27 bits per heavy atom. The number of aromatic nitrogens is 2. The fourth-order valence-electron chi connectivity index (χ4n) is 3.32. The van der Waals surface area contributed by atoms with Crippen LogP contribution in [0.1, 0.15) is 82.6 Å². The second kappa shape index (κ2) is 8.98. The summed E-state index contributed by atoms with van der Waals surface area (Å²) in [6.45, 7) is 2.26. The van der Waals surface area contributed by atoms with Gasteiger partial charge in [0.15, 0.2) is 0 Å². The molecule has 1 aromatic carbocycles. The van der Waals surface area contributed by atoms with Crippen molar-refractivity contribution in [1.29, 1.82) is 5.26 Å². The number of nitrogens with zero attached hydrogens (tertiary/aromatic N) is 3. The van der Waals surface area contributed by atoms with Crippen LogP contribution in [0.2, 0.25) is 0 Å². The fraction of sp³-hybridized carbons (Fsp3) is 0.591. The van der Waals surface area contributed by atoms with E-state index in [0.717, 1.165) is 24.8 Å². The van der Waals surface area contributed by atoms with Crippen LogP contribution in [0.5, 0.6) is 0 Å². The normalized spacial score (nSPS) is 14.9. The molecule has 3 rings (SSSR count). The van der Waals surface area contributed by atoms with Crippen LogP contribution in [0.3, 0.4) is 0 Å². The van der Waals surface area contributed by atoms with Gasteiger partial charge in [-0.05, 0) is 31.2 Å². The van der Waals surface area contributed by atoms with Crippen LogP contribution in [-0.2, 0) is 11.8 Å². The maximum atomic E-state index is 9.22. The molecule has 1 aliphatic rings. The number of hydrogen-bond donors (Lipinski definition) is 0. The molecule has 0 unspecified atom stereocenters. The van der Waals surface area contributed by atoms with Crippen LogP contribution in [0.4, 0.5) is 0 Å². The zero-order valence-corrected chi connectivity index (χ0v) is 15.8. The van der Waals surface area contributed by atoms with Crippen molar-refractivity contribution >= 4 is 0 Å². The molecule has 26 heavy (non-hydrogen) atoms. The van der Waals surface area contributed by atoms with Crippen molar-refractivity contribution in [3.8, 4) is 17.5 Å². The molecule has 138 valence electrons. The lowest BCUT2D eigenvalue weighted by Gasteiger charge is -2.03. The van der Waals surface area contributed by atoms with Crippen molar-refractivity contribution in [2.45, 2.75) is 83.0 Å². The van der Waals surface area contributed by atoms with Crippen LogP contribution in [0, 0.1) is 11.3 Å². The maximum Gasteiger partial charge on any atom is 0.247 e. The van der Waals surface area contributed by atoms with Crippen LogP contribution in [0.15, 0.2) is 28.8 Å². The van der Waals surface area contributed by atoms with Gasteiger partial charge in [0.2, 0.25) is 11.7 Å². The summed E-state index contributed by atoms with van der Waals surface area (Å²) in [5.41, 5.74) is 1.80. The van der Waals surface area contributed by atoms with Gasteiger partial charge in [0, 0.05) is 5.56 Å². The van der Waals surface area contributed by atoms with Gasteiger partial charge >= 0.3 is 0 Å². The van der Waals surface area contributed by atoms with E-state index in [0.29, 0.717) is 11.7 Å². The minimum absolute atomic E-state index is 0.470. The molecule has 1 aliphatic carbocycles. The molecule has 1 heterocycles. The van der Waals surface area contributed by atoms with Crippen molar-refractivity contribution in [2.24, 2.45) is 0 Å². The molecule has 0 N–H and O–H groups in total. The number of unbranched alkanes of at least 4 members (excludes halogenated alkanes) is 7. The molecule has 0 bridgehead atoms. The molecular formula is C22H29N3O. The number of benzene rings is 1. The van der Waals surface area contributed by atoms with Crippen molar-refractivity contribution < 1.29 is 4.52 Å². The summed E-state index contributed by atoms with van der Waals surface area (Å²) < 4.78 is 5.31. The average molecular weight is 351 g/mol. The second-order valence-electron chi connectivity index (χ2n) is 7.54. The van der Waals surface area contributed by atoms with E-state index < -0.39 is 5.41 Å². The predicted molar refractivity (Wildman–Crippen MR) is 103 cm³/mol. The Morgan fingerprint density at radius 1 is 1.00 bits per heavy atom. The third-order valence-corrected chi connectivity index (χ3v) is 5.33. The van der Waals surface area contributed by atoms with E-state index in [4.69, 9.17) is 4.52 Å². The molecule has 0 aliphatic heterocycles. The van der Waals surface area contributed by atoms with Crippen molar-refractivity contribution in [3.63, 3.8) is 0 Å². The van der Waals surface area contributed by atoms with Gasteiger partial charge < -0.3 is 4.52 Å². The topological polar surface area (TPSA) is 62.7 Å². The standard InChI is InChI=1S/C22H29N3O/c1-2-3-4-5-6-7-8-9-10-18-11-13-19(14-12-18)20-24-21(26-25-20)22(17-23)15-16-22/h11-14H,2-10,15-16H2,1H3. The van der Waals surface area contributed by atoms with Gasteiger partial charge in [-0.15, -0.1) is 0 Å². The minimum atomic E-state index is -0.512. The summed E-state index contributed by atoms with van der Waals surface area (Å²) in [4.78, 5) is 4.43. The molecule has 4 nitrogen and oxygen atoms in total. The average Bonchev–Trinajstić information content (AvgIpc) is 3.32. The SMILES string of the molecule is CCCCCCCCCCc1ccc(-c2noc(C3(C#N)CC3)n2)cc1. The highest BCUT2D eigenvalue weighted by Gasteiger charge is 2.50. The second-order valence-corrected chi connectivity index (χ2v) is 7.54.